The first-order valence-corrected chi connectivity index (χ1v) is 8.32. The van der Waals surface area contributed by atoms with Crippen molar-refractivity contribution in [3.63, 3.8) is 0 Å². The summed E-state index contributed by atoms with van der Waals surface area (Å²) in [6.45, 7) is -0.230. The molecule has 0 radical (unpaired) electrons. The topological polar surface area (TPSA) is 76.4 Å². The van der Waals surface area contributed by atoms with Crippen molar-refractivity contribution in [1.29, 1.82) is 0 Å². The molecule has 1 aliphatic carbocycles. The minimum absolute atomic E-state index is 0.230. The van der Waals surface area contributed by atoms with Crippen molar-refractivity contribution in [2.24, 2.45) is 7.05 Å². The van der Waals surface area contributed by atoms with Gasteiger partial charge in [-0.15, -0.1) is 0 Å². The Labute approximate surface area is 145 Å². The van der Waals surface area contributed by atoms with Gasteiger partial charge in [-0.2, -0.15) is 5.10 Å². The molecule has 128 valence electrons. The van der Waals surface area contributed by atoms with Gasteiger partial charge in [0.05, 0.1) is 35.0 Å². The van der Waals surface area contributed by atoms with Crippen LogP contribution in [0.15, 0.2) is 30.5 Å². The highest BCUT2D eigenvalue weighted by Crippen LogP contribution is 2.28. The number of nitrogens with zero attached hydrogens (tertiary/aromatic N) is 2. The maximum atomic E-state index is 12.5. The second-order valence-electron chi connectivity index (χ2n) is 5.90. The van der Waals surface area contributed by atoms with Crippen LogP contribution in [0.3, 0.4) is 0 Å². The zero-order chi connectivity index (χ0) is 17.1. The Morgan fingerprint density at radius 2 is 2.29 bits per heavy atom. The molecule has 1 saturated carbocycles. The third-order valence-electron chi connectivity index (χ3n) is 4.24. The predicted octanol–water partition coefficient (Wildman–Crippen LogP) is 2.47. The Kier molecular flexibility index (Phi) is 5.06. The molecule has 1 fully saturated rings. The van der Waals surface area contributed by atoms with E-state index in [1.54, 1.807) is 42.2 Å². The third-order valence-corrected chi connectivity index (χ3v) is 4.56. The van der Waals surface area contributed by atoms with E-state index in [2.05, 4.69) is 10.4 Å². The molecule has 0 saturated heterocycles. The lowest BCUT2D eigenvalue weighted by atomic mass is 9.96. The van der Waals surface area contributed by atoms with E-state index in [-0.39, 0.29) is 18.6 Å². The lowest BCUT2D eigenvalue weighted by Gasteiger charge is -2.26. The molecule has 7 heteroatoms. The Balaban J connectivity index is 1.70. The number of carbonyl (C=O) groups excluding carboxylic acids is 1. The minimum atomic E-state index is -0.549. The van der Waals surface area contributed by atoms with Gasteiger partial charge in [0.25, 0.3) is 5.91 Å². The van der Waals surface area contributed by atoms with Gasteiger partial charge in [0.1, 0.15) is 5.75 Å². The van der Waals surface area contributed by atoms with E-state index in [4.69, 9.17) is 16.3 Å². The van der Waals surface area contributed by atoms with Crippen LogP contribution in [0, 0.1) is 0 Å². The zero-order valence-electron chi connectivity index (χ0n) is 13.4. The van der Waals surface area contributed by atoms with Gasteiger partial charge in [0.2, 0.25) is 0 Å². The second kappa shape index (κ2) is 7.23. The van der Waals surface area contributed by atoms with Crippen molar-refractivity contribution in [2.45, 2.75) is 31.4 Å². The van der Waals surface area contributed by atoms with E-state index in [0.717, 1.165) is 12.8 Å². The van der Waals surface area contributed by atoms with Crippen molar-refractivity contribution < 1.29 is 14.6 Å². The van der Waals surface area contributed by atoms with Gasteiger partial charge in [-0.05, 0) is 43.5 Å². The van der Waals surface area contributed by atoms with Gasteiger partial charge < -0.3 is 15.2 Å². The van der Waals surface area contributed by atoms with Gasteiger partial charge in [-0.25, -0.2) is 0 Å². The molecule has 1 heterocycles. The summed E-state index contributed by atoms with van der Waals surface area (Å²) in [5, 5.41) is 16.7. The average molecular weight is 350 g/mol. The van der Waals surface area contributed by atoms with Gasteiger partial charge in [0, 0.05) is 13.2 Å². The molecule has 1 unspecified atom stereocenters. The molecular formula is C17H20ClN3O3. The Morgan fingerprint density at radius 1 is 1.50 bits per heavy atom. The smallest absolute Gasteiger partial charge is 0.253 e. The standard InChI is InChI=1S/C17H20ClN3O3/c1-21-16(7-8-19-21)15(10-22)20-17(23)13-6-5-12(9-14(13)18)24-11-3-2-4-11/h5-9,11,15,22H,2-4,10H2,1H3,(H,20,23). The summed E-state index contributed by atoms with van der Waals surface area (Å²) in [5.74, 6) is 0.321. The van der Waals surface area contributed by atoms with Crippen LogP contribution >= 0.6 is 11.6 Å². The highest BCUT2D eigenvalue weighted by Gasteiger charge is 2.21. The summed E-state index contributed by atoms with van der Waals surface area (Å²) in [5.41, 5.74) is 1.06. The molecule has 1 aromatic carbocycles. The number of rotatable bonds is 6. The van der Waals surface area contributed by atoms with E-state index in [1.807, 2.05) is 0 Å². The Bertz CT molecular complexity index is 728. The maximum absolute atomic E-state index is 12.5. The molecular weight excluding hydrogens is 330 g/mol. The molecule has 0 bridgehead atoms. The average Bonchev–Trinajstić information content (AvgIpc) is 2.94. The van der Waals surface area contributed by atoms with Gasteiger partial charge >= 0.3 is 0 Å². The van der Waals surface area contributed by atoms with Crippen molar-refractivity contribution in [2.75, 3.05) is 6.61 Å². The number of hydrogen-bond acceptors (Lipinski definition) is 4. The largest absolute Gasteiger partial charge is 0.490 e. The maximum Gasteiger partial charge on any atom is 0.253 e. The van der Waals surface area contributed by atoms with E-state index >= 15 is 0 Å². The number of benzene rings is 1. The van der Waals surface area contributed by atoms with Gasteiger partial charge in [0.15, 0.2) is 0 Å². The van der Waals surface area contributed by atoms with Crippen LogP contribution in [0.1, 0.15) is 41.4 Å². The number of aromatic nitrogens is 2. The van der Waals surface area contributed by atoms with Crippen molar-refractivity contribution in [3.8, 4) is 5.75 Å². The number of hydrogen-bond donors (Lipinski definition) is 2. The van der Waals surface area contributed by atoms with Crippen molar-refractivity contribution >= 4 is 17.5 Å². The van der Waals surface area contributed by atoms with Crippen LogP contribution in [0.2, 0.25) is 5.02 Å². The molecule has 1 atom stereocenters. The summed E-state index contributed by atoms with van der Waals surface area (Å²) < 4.78 is 7.38. The Hall–Kier alpha value is -2.05. The number of aliphatic hydroxyl groups is 1. The van der Waals surface area contributed by atoms with Crippen LogP contribution < -0.4 is 10.1 Å². The first-order valence-electron chi connectivity index (χ1n) is 7.94. The molecule has 1 aromatic heterocycles. The normalized spacial score (nSPS) is 15.6. The molecule has 1 amide bonds. The number of aliphatic hydroxyl groups excluding tert-OH is 1. The number of amides is 1. The van der Waals surface area contributed by atoms with Crippen LogP contribution in [-0.4, -0.2) is 33.5 Å². The van der Waals surface area contributed by atoms with E-state index < -0.39 is 6.04 Å². The molecule has 0 spiro atoms. The quantitative estimate of drug-likeness (QED) is 0.840. The Morgan fingerprint density at radius 3 is 2.83 bits per heavy atom. The molecule has 6 nitrogen and oxygen atoms in total. The number of ether oxygens (including phenoxy) is 1. The summed E-state index contributed by atoms with van der Waals surface area (Å²) in [6.07, 6.45) is 5.18. The van der Waals surface area contributed by atoms with E-state index in [1.165, 1.54) is 6.42 Å². The van der Waals surface area contributed by atoms with Crippen molar-refractivity contribution in [1.82, 2.24) is 15.1 Å². The number of aryl methyl sites for hydroxylation is 1. The number of carbonyl (C=O) groups is 1. The van der Waals surface area contributed by atoms with Gasteiger partial charge in [-0.3, -0.25) is 9.48 Å². The lowest BCUT2D eigenvalue weighted by molar-refractivity contribution is 0.0913. The second-order valence-corrected chi connectivity index (χ2v) is 6.31. The summed E-state index contributed by atoms with van der Waals surface area (Å²) in [7, 11) is 1.75. The van der Waals surface area contributed by atoms with Crippen LogP contribution in [0.5, 0.6) is 5.75 Å². The lowest BCUT2D eigenvalue weighted by Crippen LogP contribution is -2.32. The monoisotopic (exact) mass is 349 g/mol. The fourth-order valence-electron chi connectivity index (χ4n) is 2.61. The molecule has 2 N–H and O–H groups in total. The number of nitrogens with one attached hydrogen (secondary N) is 1. The summed E-state index contributed by atoms with van der Waals surface area (Å²) in [6, 6.07) is 6.25. The van der Waals surface area contributed by atoms with Crippen LogP contribution in [0.4, 0.5) is 0 Å². The molecule has 2 aromatic rings. The first-order chi connectivity index (χ1) is 11.6. The van der Waals surface area contributed by atoms with Crippen molar-refractivity contribution in [3.05, 3.63) is 46.7 Å². The number of halogens is 1. The summed E-state index contributed by atoms with van der Waals surface area (Å²) >= 11 is 6.23. The fourth-order valence-corrected chi connectivity index (χ4v) is 2.87. The van der Waals surface area contributed by atoms with Crippen LogP contribution in [0.25, 0.3) is 0 Å². The van der Waals surface area contributed by atoms with Gasteiger partial charge in [-0.1, -0.05) is 11.6 Å². The third kappa shape index (κ3) is 3.55. The van der Waals surface area contributed by atoms with Crippen LogP contribution in [-0.2, 0) is 7.05 Å². The predicted molar refractivity (Wildman–Crippen MR) is 90.2 cm³/mol. The molecule has 3 rings (SSSR count). The summed E-state index contributed by atoms with van der Waals surface area (Å²) in [4.78, 5) is 12.5. The van der Waals surface area contributed by atoms with E-state index in [9.17, 15) is 9.90 Å². The molecule has 24 heavy (non-hydrogen) atoms. The zero-order valence-corrected chi connectivity index (χ0v) is 14.2. The molecule has 1 aliphatic rings. The minimum Gasteiger partial charge on any atom is -0.490 e. The highest BCUT2D eigenvalue weighted by molar-refractivity contribution is 6.34. The molecule has 0 aliphatic heterocycles. The highest BCUT2D eigenvalue weighted by atomic mass is 35.5. The fraction of sp³-hybridized carbons (Fsp3) is 0.412. The first kappa shape index (κ1) is 16.8. The SMILES string of the molecule is Cn1nccc1C(CO)NC(=O)c1ccc(OC2CCC2)cc1Cl. The van der Waals surface area contributed by atoms with E-state index in [0.29, 0.717) is 22.0 Å².